The lowest BCUT2D eigenvalue weighted by molar-refractivity contribution is -0.997. The van der Waals surface area contributed by atoms with Crippen LogP contribution < -0.4 is 0 Å². The summed E-state index contributed by atoms with van der Waals surface area (Å²) in [6, 6.07) is 6.34. The van der Waals surface area contributed by atoms with Crippen molar-refractivity contribution in [3.8, 4) is 5.69 Å². The first-order valence-electron chi connectivity index (χ1n) is 9.03. The predicted molar refractivity (Wildman–Crippen MR) is 106 cm³/mol. The van der Waals surface area contributed by atoms with Gasteiger partial charge in [-0.05, 0) is 24.6 Å². The van der Waals surface area contributed by atoms with Crippen LogP contribution in [0.5, 0.6) is 0 Å². The fourth-order valence-corrected chi connectivity index (χ4v) is 3.76. The van der Waals surface area contributed by atoms with Crippen LogP contribution in [-0.4, -0.2) is 67.8 Å². The Balaban J connectivity index is 1.84. The van der Waals surface area contributed by atoms with Gasteiger partial charge in [-0.2, -0.15) is 15.0 Å². The molecule has 0 spiro atoms. The number of carboxylic acids is 1. The minimum atomic E-state index is -4.07. The summed E-state index contributed by atoms with van der Waals surface area (Å²) in [6.07, 6.45) is 4.66. The van der Waals surface area contributed by atoms with Crippen molar-refractivity contribution >= 4 is 27.3 Å². The van der Waals surface area contributed by atoms with Crippen LogP contribution >= 0.6 is 0 Å². The van der Waals surface area contributed by atoms with E-state index in [-0.39, 0.29) is 5.57 Å². The molecule has 2 aromatic rings. The Labute approximate surface area is 177 Å². The Hall–Kier alpha value is -3.22. The zero-order valence-corrected chi connectivity index (χ0v) is 17.5. The summed E-state index contributed by atoms with van der Waals surface area (Å²) < 4.78 is 34.8. The first-order chi connectivity index (χ1) is 14.4. The molecule has 2 atom stereocenters. The van der Waals surface area contributed by atoms with E-state index in [4.69, 9.17) is 0 Å². The number of rotatable bonds is 7. The van der Waals surface area contributed by atoms with Gasteiger partial charge >= 0.3 is 11.9 Å². The molecule has 1 amide bonds. The molecule has 12 heteroatoms. The summed E-state index contributed by atoms with van der Waals surface area (Å²) in [7, 11) is -4.07. The number of carbonyl (C=O) groups excluding carboxylic acids is 1. The van der Waals surface area contributed by atoms with Crippen molar-refractivity contribution in [1.82, 2.24) is 15.0 Å². The van der Waals surface area contributed by atoms with Crippen LogP contribution in [0.25, 0.3) is 11.3 Å². The lowest BCUT2D eigenvalue weighted by Gasteiger charge is -2.29. The Morgan fingerprint density at radius 1 is 1.23 bits per heavy atom. The number of hydrogen-bond acceptors (Lipinski definition) is 7. The third kappa shape index (κ3) is 4.17. The number of aromatic nitrogens is 3. The van der Waals surface area contributed by atoms with Crippen LogP contribution in [0.3, 0.4) is 0 Å². The monoisotopic (exact) mass is 451 g/mol. The summed E-state index contributed by atoms with van der Waals surface area (Å²) in [4.78, 5) is 25.4. The maximum atomic E-state index is 14.8. The molecule has 0 fully saturated rings. The lowest BCUT2D eigenvalue weighted by Crippen LogP contribution is -2.52. The second-order valence-electron chi connectivity index (χ2n) is 7.35. The molecule has 1 aromatic heterocycles. The summed E-state index contributed by atoms with van der Waals surface area (Å²) in [5.74, 6) is -3.47. The van der Waals surface area contributed by atoms with Gasteiger partial charge in [-0.3, -0.25) is 4.79 Å². The number of carbonyl (C=O) groups is 2. The molecule has 2 N–H and O–H groups in total. The van der Waals surface area contributed by atoms with Crippen LogP contribution in [0.4, 0.5) is 4.39 Å². The van der Waals surface area contributed by atoms with Crippen molar-refractivity contribution in [3.63, 3.8) is 0 Å². The highest BCUT2D eigenvalue weighted by Crippen LogP contribution is 2.32. The van der Waals surface area contributed by atoms with Crippen LogP contribution in [0.15, 0.2) is 54.8 Å². The highest BCUT2D eigenvalue weighted by molar-refractivity contribution is 7.92. The molecule has 1 aliphatic heterocycles. The van der Waals surface area contributed by atoms with Crippen LogP contribution in [-0.2, 0) is 19.4 Å². The summed E-state index contributed by atoms with van der Waals surface area (Å²) in [5, 5.41) is 27.8. The highest BCUT2D eigenvalue weighted by Gasteiger charge is 2.48. The normalized spacial score (nSPS) is 21.2. The van der Waals surface area contributed by atoms with Crippen molar-refractivity contribution in [2.75, 3.05) is 12.8 Å². The van der Waals surface area contributed by atoms with Gasteiger partial charge in [0.2, 0.25) is 0 Å². The summed E-state index contributed by atoms with van der Waals surface area (Å²) >= 11 is 0. The van der Waals surface area contributed by atoms with E-state index < -0.39 is 49.9 Å². The predicted octanol–water partition coefficient (Wildman–Crippen LogP) is 1.49. The number of quaternary nitrogens is 1. The average molecular weight is 451 g/mol. The molecule has 2 heterocycles. The van der Waals surface area contributed by atoms with Crippen LogP contribution in [0.1, 0.15) is 18.9 Å². The fraction of sp³-hybridized carbons (Fsp3) is 0.263. The molecular weight excluding hydrogens is 431 g/mol. The number of benzene rings is 1. The number of hydrogen-bond donors (Lipinski definition) is 2. The molecule has 31 heavy (non-hydrogen) atoms. The van der Waals surface area contributed by atoms with Crippen molar-refractivity contribution in [2.45, 2.75) is 18.1 Å². The van der Waals surface area contributed by atoms with Gasteiger partial charge in [0.15, 0.2) is 26.6 Å². The summed E-state index contributed by atoms with van der Waals surface area (Å²) in [5.41, 5.74) is 0.898. The van der Waals surface area contributed by atoms with Crippen LogP contribution in [0, 0.1) is 0 Å². The van der Waals surface area contributed by atoms with E-state index in [1.165, 1.54) is 17.2 Å². The van der Waals surface area contributed by atoms with Gasteiger partial charge in [-0.15, -0.1) is 0 Å². The minimum absolute atomic E-state index is 0.0723. The first kappa shape index (κ1) is 22.5. The standard InChI is InChI=1S/C19H19FN4O6S/c1-19(18(26)27,31(2,29)30)7-10-24(28)12-16(20)15(11-17(24)25)13-3-5-14(6-4-13)23-21-8-9-22-23/h3-6,8-9,11-12,28H,7,10H2,1-2H3/p+1/t19-,24?/m1/s1. The highest BCUT2D eigenvalue weighted by atomic mass is 32.2. The summed E-state index contributed by atoms with van der Waals surface area (Å²) in [6.45, 7) is 0.332. The van der Waals surface area contributed by atoms with E-state index in [1.54, 1.807) is 24.3 Å². The van der Waals surface area contributed by atoms with Gasteiger partial charge in [0.05, 0.1) is 24.2 Å². The number of hydroxylamine groups is 3. The molecule has 0 bridgehead atoms. The van der Waals surface area contributed by atoms with Gasteiger partial charge < -0.3 is 5.11 Å². The van der Waals surface area contributed by atoms with E-state index in [0.717, 1.165) is 19.3 Å². The molecule has 1 unspecified atom stereocenters. The topological polar surface area (TPSA) is 139 Å². The molecule has 0 saturated heterocycles. The molecule has 0 aliphatic carbocycles. The fourth-order valence-electron chi connectivity index (χ4n) is 2.98. The lowest BCUT2D eigenvalue weighted by atomic mass is 10.0. The van der Waals surface area contributed by atoms with E-state index in [1.807, 2.05) is 0 Å². The number of amides is 1. The third-order valence-corrected chi connectivity index (χ3v) is 7.28. The molecule has 1 aromatic carbocycles. The Morgan fingerprint density at radius 3 is 2.32 bits per heavy atom. The van der Waals surface area contributed by atoms with Gasteiger partial charge in [0.1, 0.15) is 6.54 Å². The van der Waals surface area contributed by atoms with Crippen LogP contribution in [0.2, 0.25) is 0 Å². The zero-order chi connectivity index (χ0) is 23.0. The Morgan fingerprint density at radius 2 is 1.81 bits per heavy atom. The quantitative estimate of drug-likeness (QED) is 0.477. The Kier molecular flexibility index (Phi) is 5.65. The van der Waals surface area contributed by atoms with Gasteiger partial charge in [-0.25, -0.2) is 22.8 Å². The number of nitrogens with zero attached hydrogens (tertiary/aromatic N) is 4. The number of halogens is 1. The van der Waals surface area contributed by atoms with Gasteiger partial charge in [-0.1, -0.05) is 16.8 Å². The molecule has 10 nitrogen and oxygen atoms in total. The minimum Gasteiger partial charge on any atom is -0.480 e. The number of allylic oxidation sites excluding steroid dienone is 2. The van der Waals surface area contributed by atoms with E-state index >= 15 is 0 Å². The number of carboxylic acid groups (broad SMARTS) is 1. The third-order valence-electron chi connectivity index (χ3n) is 5.26. The molecule has 3 rings (SSSR count). The molecule has 164 valence electrons. The second-order valence-corrected chi connectivity index (χ2v) is 9.79. The maximum Gasteiger partial charge on any atom is 0.376 e. The largest absolute Gasteiger partial charge is 0.480 e. The number of aliphatic carboxylic acids is 1. The second kappa shape index (κ2) is 7.80. The smallest absolute Gasteiger partial charge is 0.376 e. The average Bonchev–Trinajstić information content (AvgIpc) is 3.23. The van der Waals surface area contributed by atoms with Gasteiger partial charge in [0, 0.05) is 18.2 Å². The van der Waals surface area contributed by atoms with Crippen molar-refractivity contribution < 1.29 is 37.4 Å². The van der Waals surface area contributed by atoms with Gasteiger partial charge in [0.25, 0.3) is 0 Å². The number of sulfone groups is 1. The van der Waals surface area contributed by atoms with Crippen molar-refractivity contribution in [2.24, 2.45) is 0 Å². The molecular formula is C19H20FN4O6S+. The van der Waals surface area contributed by atoms with E-state index in [0.29, 0.717) is 17.5 Å². The van der Waals surface area contributed by atoms with Crippen molar-refractivity contribution in [1.29, 1.82) is 0 Å². The molecule has 0 radical (unpaired) electrons. The molecule has 1 aliphatic rings. The zero-order valence-electron chi connectivity index (χ0n) is 16.6. The van der Waals surface area contributed by atoms with E-state index in [9.17, 15) is 32.7 Å². The van der Waals surface area contributed by atoms with E-state index in [2.05, 4.69) is 10.2 Å². The SMILES string of the molecule is C[C@@](CC[N+]1(O)C=C(F)C(c2ccc(-n3nccn3)cc2)=CC1=O)(C(=O)O)S(C)(=O)=O. The maximum absolute atomic E-state index is 14.8. The molecule has 0 saturated carbocycles. The Bertz CT molecular complexity index is 1190. The first-order valence-corrected chi connectivity index (χ1v) is 10.9. The van der Waals surface area contributed by atoms with Crippen molar-refractivity contribution in [3.05, 3.63) is 60.3 Å².